The van der Waals surface area contributed by atoms with E-state index in [2.05, 4.69) is 11.9 Å². The van der Waals surface area contributed by atoms with E-state index in [1.807, 2.05) is 13.8 Å². The number of amides is 3. The fourth-order valence-corrected chi connectivity index (χ4v) is 4.14. The zero-order valence-electron chi connectivity index (χ0n) is 17.3. The Morgan fingerprint density at radius 3 is 2.63 bits per heavy atom. The highest BCUT2D eigenvalue weighted by Gasteiger charge is 2.61. The second-order valence-corrected chi connectivity index (χ2v) is 7.42. The fraction of sp³-hybridized carbons (Fsp3) is 0.455. The van der Waals surface area contributed by atoms with Crippen molar-refractivity contribution in [1.82, 2.24) is 10.2 Å². The van der Waals surface area contributed by atoms with Crippen molar-refractivity contribution in [1.29, 1.82) is 0 Å². The SMILES string of the molecule is C=CCN1C(=O)c2ccccc2N2C(=O)CC[C@@]12C(=O)OCC(=O)NC(CC)CC. The van der Waals surface area contributed by atoms with Gasteiger partial charge < -0.3 is 15.0 Å². The molecule has 1 aromatic rings. The molecule has 1 saturated heterocycles. The summed E-state index contributed by atoms with van der Waals surface area (Å²) in [5.41, 5.74) is -0.903. The number of esters is 1. The molecular formula is C22H27N3O5. The lowest BCUT2D eigenvalue weighted by atomic mass is 9.96. The van der Waals surface area contributed by atoms with Crippen LogP contribution in [0.1, 0.15) is 49.9 Å². The first kappa shape index (κ1) is 21.5. The number of nitrogens with one attached hydrogen (secondary N) is 1. The maximum Gasteiger partial charge on any atom is 0.354 e. The van der Waals surface area contributed by atoms with E-state index in [4.69, 9.17) is 4.74 Å². The third-order valence-electron chi connectivity index (χ3n) is 5.70. The lowest BCUT2D eigenvalue weighted by molar-refractivity contribution is -0.160. The second kappa shape index (κ2) is 8.69. The molecule has 0 saturated carbocycles. The second-order valence-electron chi connectivity index (χ2n) is 7.42. The van der Waals surface area contributed by atoms with Crippen LogP contribution in [0, 0.1) is 0 Å². The van der Waals surface area contributed by atoms with Crippen molar-refractivity contribution in [2.24, 2.45) is 0 Å². The van der Waals surface area contributed by atoms with E-state index in [0.29, 0.717) is 11.3 Å². The molecule has 0 unspecified atom stereocenters. The van der Waals surface area contributed by atoms with Crippen LogP contribution in [0.4, 0.5) is 5.69 Å². The lowest BCUT2D eigenvalue weighted by Gasteiger charge is -2.48. The molecule has 3 amide bonds. The van der Waals surface area contributed by atoms with Crippen molar-refractivity contribution in [3.8, 4) is 0 Å². The summed E-state index contributed by atoms with van der Waals surface area (Å²) in [4.78, 5) is 54.1. The van der Waals surface area contributed by atoms with Gasteiger partial charge in [0.15, 0.2) is 6.61 Å². The molecule has 2 heterocycles. The lowest BCUT2D eigenvalue weighted by Crippen LogP contribution is -2.68. The molecule has 1 N–H and O–H groups in total. The Morgan fingerprint density at radius 1 is 1.27 bits per heavy atom. The molecule has 2 aliphatic heterocycles. The molecule has 30 heavy (non-hydrogen) atoms. The van der Waals surface area contributed by atoms with Crippen molar-refractivity contribution < 1.29 is 23.9 Å². The molecule has 1 fully saturated rings. The average molecular weight is 413 g/mol. The van der Waals surface area contributed by atoms with Crippen molar-refractivity contribution >= 4 is 29.4 Å². The van der Waals surface area contributed by atoms with Crippen LogP contribution >= 0.6 is 0 Å². The van der Waals surface area contributed by atoms with Gasteiger partial charge in [-0.3, -0.25) is 19.3 Å². The van der Waals surface area contributed by atoms with Gasteiger partial charge in [-0.25, -0.2) is 4.79 Å². The van der Waals surface area contributed by atoms with E-state index in [0.717, 1.165) is 12.8 Å². The number of fused-ring (bicyclic) bond motifs is 3. The molecule has 0 radical (unpaired) electrons. The van der Waals surface area contributed by atoms with Crippen LogP contribution in [0.3, 0.4) is 0 Å². The van der Waals surface area contributed by atoms with Crippen LogP contribution in [0.15, 0.2) is 36.9 Å². The van der Waals surface area contributed by atoms with Crippen LogP contribution in [0.25, 0.3) is 0 Å². The number of rotatable bonds is 8. The van der Waals surface area contributed by atoms with E-state index in [9.17, 15) is 19.2 Å². The Kier molecular flexibility index (Phi) is 6.24. The van der Waals surface area contributed by atoms with Gasteiger partial charge in [0.25, 0.3) is 11.8 Å². The monoisotopic (exact) mass is 413 g/mol. The minimum Gasteiger partial charge on any atom is -0.452 e. The van der Waals surface area contributed by atoms with E-state index >= 15 is 0 Å². The molecule has 0 spiro atoms. The van der Waals surface area contributed by atoms with Crippen molar-refractivity contribution in [3.05, 3.63) is 42.5 Å². The predicted octanol–water partition coefficient (Wildman–Crippen LogP) is 2.00. The van der Waals surface area contributed by atoms with E-state index in [1.54, 1.807) is 24.3 Å². The van der Waals surface area contributed by atoms with E-state index in [1.165, 1.54) is 15.9 Å². The van der Waals surface area contributed by atoms with Gasteiger partial charge in [0.2, 0.25) is 11.6 Å². The molecule has 0 aromatic heterocycles. The predicted molar refractivity (Wildman–Crippen MR) is 111 cm³/mol. The Balaban J connectivity index is 1.92. The van der Waals surface area contributed by atoms with Gasteiger partial charge in [-0.15, -0.1) is 6.58 Å². The minimum absolute atomic E-state index is 0.000628. The molecule has 8 heteroatoms. The first-order valence-corrected chi connectivity index (χ1v) is 10.2. The zero-order chi connectivity index (χ0) is 21.9. The number of nitrogens with zero attached hydrogens (tertiary/aromatic N) is 2. The average Bonchev–Trinajstić information content (AvgIpc) is 3.11. The van der Waals surface area contributed by atoms with Gasteiger partial charge in [0.1, 0.15) is 0 Å². The smallest absolute Gasteiger partial charge is 0.354 e. The van der Waals surface area contributed by atoms with Crippen molar-refractivity contribution in [2.75, 3.05) is 18.1 Å². The number of hydrogen-bond donors (Lipinski definition) is 1. The summed E-state index contributed by atoms with van der Waals surface area (Å²) in [6.45, 7) is 7.18. The Morgan fingerprint density at radius 2 is 1.97 bits per heavy atom. The molecule has 0 bridgehead atoms. The van der Waals surface area contributed by atoms with Gasteiger partial charge in [-0.05, 0) is 25.0 Å². The van der Waals surface area contributed by atoms with Crippen LogP contribution in [0.5, 0.6) is 0 Å². The first-order valence-electron chi connectivity index (χ1n) is 10.2. The van der Waals surface area contributed by atoms with Crippen molar-refractivity contribution in [2.45, 2.75) is 51.2 Å². The highest BCUT2D eigenvalue weighted by molar-refractivity contribution is 6.15. The molecular weight excluding hydrogens is 386 g/mol. The van der Waals surface area contributed by atoms with Crippen LogP contribution < -0.4 is 10.2 Å². The summed E-state index contributed by atoms with van der Waals surface area (Å²) in [6, 6.07) is 6.68. The van der Waals surface area contributed by atoms with Crippen molar-refractivity contribution in [3.63, 3.8) is 0 Å². The first-order chi connectivity index (χ1) is 14.4. The topological polar surface area (TPSA) is 96.0 Å². The number of carbonyl (C=O) groups is 4. The fourth-order valence-electron chi connectivity index (χ4n) is 4.14. The summed E-state index contributed by atoms with van der Waals surface area (Å²) >= 11 is 0. The molecule has 1 aromatic carbocycles. The maximum absolute atomic E-state index is 13.3. The van der Waals surface area contributed by atoms with Gasteiger partial charge >= 0.3 is 5.97 Å². The van der Waals surface area contributed by atoms with Gasteiger partial charge in [0, 0.05) is 25.4 Å². The highest BCUT2D eigenvalue weighted by atomic mass is 16.5. The quantitative estimate of drug-likeness (QED) is 0.519. The molecule has 8 nitrogen and oxygen atoms in total. The van der Waals surface area contributed by atoms with Crippen LogP contribution in [0.2, 0.25) is 0 Å². The normalized spacial score (nSPS) is 20.1. The Labute approximate surface area is 175 Å². The summed E-state index contributed by atoms with van der Waals surface area (Å²) in [6.07, 6.45) is 3.21. The number of ether oxygens (including phenoxy) is 1. The number of benzene rings is 1. The van der Waals surface area contributed by atoms with E-state index in [-0.39, 0.29) is 37.2 Å². The summed E-state index contributed by atoms with van der Waals surface area (Å²) < 4.78 is 5.35. The molecule has 160 valence electrons. The summed E-state index contributed by atoms with van der Waals surface area (Å²) in [7, 11) is 0. The van der Waals surface area contributed by atoms with Crippen LogP contribution in [-0.2, 0) is 19.1 Å². The molecule has 2 aliphatic rings. The van der Waals surface area contributed by atoms with Crippen LogP contribution in [-0.4, -0.2) is 53.4 Å². The largest absolute Gasteiger partial charge is 0.452 e. The van der Waals surface area contributed by atoms with E-state index < -0.39 is 24.1 Å². The molecule has 1 atom stereocenters. The Hall–Kier alpha value is -3.16. The highest BCUT2D eigenvalue weighted by Crippen LogP contribution is 2.44. The third kappa shape index (κ3) is 3.46. The zero-order valence-corrected chi connectivity index (χ0v) is 17.3. The standard InChI is InChI=1S/C22H27N3O5/c1-4-13-24-20(28)16-9-7-8-10-17(16)25-19(27)11-12-22(24,25)21(29)30-14-18(26)23-15(5-2)6-3/h4,7-10,15H,1,5-6,11-14H2,2-3H3,(H,23,26)/t22-/m1/s1. The molecule has 3 rings (SSSR count). The summed E-state index contributed by atoms with van der Waals surface area (Å²) in [5.74, 6) is -1.86. The maximum atomic E-state index is 13.3. The number of para-hydroxylation sites is 1. The third-order valence-corrected chi connectivity index (χ3v) is 5.70. The minimum atomic E-state index is -1.62. The Bertz CT molecular complexity index is 879. The van der Waals surface area contributed by atoms with Gasteiger partial charge in [0.05, 0.1) is 11.3 Å². The number of anilines is 1. The molecule has 0 aliphatic carbocycles. The summed E-state index contributed by atoms with van der Waals surface area (Å²) in [5, 5.41) is 2.81. The van der Waals surface area contributed by atoms with Gasteiger partial charge in [-0.2, -0.15) is 0 Å². The number of carbonyl (C=O) groups excluding carboxylic acids is 4. The number of hydrogen-bond acceptors (Lipinski definition) is 5. The van der Waals surface area contributed by atoms with Gasteiger partial charge in [-0.1, -0.05) is 32.1 Å².